The summed E-state index contributed by atoms with van der Waals surface area (Å²) in [7, 11) is 0. The Morgan fingerprint density at radius 1 is 1.07 bits per heavy atom. The number of halogens is 4. The second-order valence-electron chi connectivity index (χ2n) is 14.7. The van der Waals surface area contributed by atoms with E-state index in [-0.39, 0.29) is 67.9 Å². The van der Waals surface area contributed by atoms with Crippen molar-refractivity contribution in [3.8, 4) is 17.0 Å². The Hall–Kier alpha value is -5.24. The van der Waals surface area contributed by atoms with Crippen molar-refractivity contribution < 1.29 is 41.8 Å². The van der Waals surface area contributed by atoms with Crippen LogP contribution in [-0.4, -0.2) is 81.1 Å². The molecule has 2 amide bonds. The van der Waals surface area contributed by atoms with Gasteiger partial charge in [0.25, 0.3) is 5.91 Å². The van der Waals surface area contributed by atoms with Crippen molar-refractivity contribution in [1.82, 2.24) is 19.4 Å². The number of anilines is 1. The number of ether oxygens (including phenoxy) is 1. The number of nitrogens with zero attached hydrogens (tertiary/aromatic N) is 4. The maximum atomic E-state index is 15.8. The maximum absolute atomic E-state index is 15.8. The SMILES string of the molecule is CC(O)C(=O)N(CC1CN(C(=O)CCCOc2ccc(C=O)c(N)c2)CC1F)C(c1nc(-c2cc(F)ccc2F)cn1Cc1cccc(F)c1)C(C)(C)C. The molecule has 1 saturated heterocycles. The Balaban J connectivity index is 1.40. The molecule has 0 aliphatic carbocycles. The first kappa shape index (κ1) is 40.0. The number of alkyl halides is 1. The number of hydrogen-bond donors (Lipinski definition) is 2. The van der Waals surface area contributed by atoms with Crippen molar-refractivity contribution in [3.63, 3.8) is 0 Å². The molecule has 3 aromatic carbocycles. The summed E-state index contributed by atoms with van der Waals surface area (Å²) in [5.74, 6) is -3.09. The summed E-state index contributed by atoms with van der Waals surface area (Å²) in [6.45, 7) is 6.61. The average Bonchev–Trinajstić information content (AvgIpc) is 3.69. The molecule has 2 heterocycles. The summed E-state index contributed by atoms with van der Waals surface area (Å²) in [5.41, 5.74) is 6.06. The molecule has 3 N–H and O–H groups in total. The first-order valence-corrected chi connectivity index (χ1v) is 17.7. The van der Waals surface area contributed by atoms with Gasteiger partial charge in [-0.05, 0) is 66.8 Å². The molecule has 288 valence electrons. The van der Waals surface area contributed by atoms with Gasteiger partial charge >= 0.3 is 0 Å². The van der Waals surface area contributed by atoms with Crippen LogP contribution >= 0.6 is 0 Å². The number of aromatic nitrogens is 2. The highest BCUT2D eigenvalue weighted by molar-refractivity contribution is 5.83. The van der Waals surface area contributed by atoms with E-state index in [2.05, 4.69) is 0 Å². The zero-order chi connectivity index (χ0) is 39.3. The number of nitrogens with two attached hydrogens (primary N) is 1. The van der Waals surface area contributed by atoms with Crippen LogP contribution in [0.2, 0.25) is 0 Å². The zero-order valence-corrected chi connectivity index (χ0v) is 30.6. The quantitative estimate of drug-likeness (QED) is 0.0664. The van der Waals surface area contributed by atoms with E-state index in [9.17, 15) is 28.3 Å². The largest absolute Gasteiger partial charge is 0.494 e. The molecule has 10 nitrogen and oxygen atoms in total. The minimum atomic E-state index is -1.50. The van der Waals surface area contributed by atoms with Crippen LogP contribution in [0.15, 0.2) is 66.9 Å². The van der Waals surface area contributed by atoms with Gasteiger partial charge < -0.3 is 29.9 Å². The number of aliphatic hydroxyl groups is 1. The smallest absolute Gasteiger partial charge is 0.251 e. The molecule has 1 aliphatic heterocycles. The minimum Gasteiger partial charge on any atom is -0.494 e. The number of imidazole rings is 1. The van der Waals surface area contributed by atoms with Crippen LogP contribution in [0.3, 0.4) is 0 Å². The molecule has 1 fully saturated rings. The van der Waals surface area contributed by atoms with E-state index in [0.29, 0.717) is 29.6 Å². The predicted octanol–water partition coefficient (Wildman–Crippen LogP) is 6.36. The molecule has 5 rings (SSSR count). The molecule has 0 saturated carbocycles. The number of amides is 2. The van der Waals surface area contributed by atoms with Crippen molar-refractivity contribution in [3.05, 3.63) is 101 Å². The lowest BCUT2D eigenvalue weighted by atomic mass is 9.84. The van der Waals surface area contributed by atoms with Gasteiger partial charge in [-0.25, -0.2) is 22.5 Å². The number of benzene rings is 3. The van der Waals surface area contributed by atoms with Gasteiger partial charge in [0, 0.05) is 61.1 Å². The summed E-state index contributed by atoms with van der Waals surface area (Å²) < 4.78 is 66.8. The summed E-state index contributed by atoms with van der Waals surface area (Å²) in [6, 6.07) is 12.5. The molecule has 0 spiro atoms. The summed E-state index contributed by atoms with van der Waals surface area (Å²) >= 11 is 0. The highest BCUT2D eigenvalue weighted by Gasteiger charge is 2.44. The molecule has 4 unspecified atom stereocenters. The molecule has 4 atom stereocenters. The standard InChI is InChI=1S/C40H45F4N5O5/c1-24(51)39(53)49(20-27-19-47(21-33(27)44)36(52)9-6-14-54-30-12-10-26(23-50)34(45)17-30)37(40(2,3)4)38-46-35(31-16-29(42)11-13-32(31)43)22-48(38)18-25-7-5-8-28(41)15-25/h5,7-8,10-13,15-17,22-24,27,33,37,51H,6,9,14,18-21,45H2,1-4H3. The van der Waals surface area contributed by atoms with Crippen LogP contribution in [-0.2, 0) is 16.1 Å². The molecular formula is C40H45F4N5O5. The number of likely N-dealkylation sites (tertiary alicyclic amines) is 1. The van der Waals surface area contributed by atoms with Gasteiger partial charge in [0.2, 0.25) is 5.91 Å². The molecule has 0 bridgehead atoms. The van der Waals surface area contributed by atoms with Gasteiger partial charge in [0.1, 0.15) is 41.3 Å². The molecule has 4 aromatic rings. The van der Waals surface area contributed by atoms with Crippen molar-refractivity contribution in [2.75, 3.05) is 32.0 Å². The van der Waals surface area contributed by atoms with Gasteiger partial charge in [-0.15, -0.1) is 0 Å². The van der Waals surface area contributed by atoms with Gasteiger partial charge in [0.05, 0.1) is 24.9 Å². The molecular weight excluding hydrogens is 706 g/mol. The van der Waals surface area contributed by atoms with E-state index in [1.807, 2.05) is 20.8 Å². The predicted molar refractivity (Wildman–Crippen MR) is 195 cm³/mol. The van der Waals surface area contributed by atoms with Crippen LogP contribution in [0.4, 0.5) is 23.2 Å². The third-order valence-electron chi connectivity index (χ3n) is 9.40. The van der Waals surface area contributed by atoms with Gasteiger partial charge in [-0.3, -0.25) is 14.4 Å². The fraction of sp³-hybridized carbons (Fsp3) is 0.400. The lowest BCUT2D eigenvalue weighted by Gasteiger charge is -2.41. The number of aliphatic hydroxyl groups excluding tert-OH is 1. The summed E-state index contributed by atoms with van der Waals surface area (Å²) in [6.07, 6.45) is -0.470. The Labute approximate surface area is 311 Å². The first-order chi connectivity index (χ1) is 25.5. The van der Waals surface area contributed by atoms with E-state index in [1.165, 1.54) is 53.3 Å². The monoisotopic (exact) mass is 751 g/mol. The fourth-order valence-corrected chi connectivity index (χ4v) is 6.77. The van der Waals surface area contributed by atoms with Crippen molar-refractivity contribution in [1.29, 1.82) is 0 Å². The highest BCUT2D eigenvalue weighted by Crippen LogP contribution is 2.41. The van der Waals surface area contributed by atoms with E-state index in [4.69, 9.17) is 15.5 Å². The van der Waals surface area contributed by atoms with E-state index < -0.39 is 53.0 Å². The molecule has 0 radical (unpaired) electrons. The average molecular weight is 752 g/mol. The van der Waals surface area contributed by atoms with Gasteiger partial charge in [-0.1, -0.05) is 32.9 Å². The number of rotatable bonds is 14. The van der Waals surface area contributed by atoms with Crippen LogP contribution in [0.1, 0.15) is 68.3 Å². The maximum Gasteiger partial charge on any atom is 0.251 e. The summed E-state index contributed by atoms with van der Waals surface area (Å²) in [4.78, 5) is 45.6. The fourth-order valence-electron chi connectivity index (χ4n) is 6.77. The molecule has 54 heavy (non-hydrogen) atoms. The minimum absolute atomic E-state index is 0.00247. The Morgan fingerprint density at radius 3 is 2.48 bits per heavy atom. The highest BCUT2D eigenvalue weighted by atomic mass is 19.1. The zero-order valence-electron chi connectivity index (χ0n) is 30.6. The van der Waals surface area contributed by atoms with E-state index >= 15 is 8.78 Å². The van der Waals surface area contributed by atoms with Crippen LogP contribution < -0.4 is 10.5 Å². The molecule has 1 aliphatic rings. The first-order valence-electron chi connectivity index (χ1n) is 17.7. The van der Waals surface area contributed by atoms with Gasteiger partial charge in [0.15, 0.2) is 6.29 Å². The summed E-state index contributed by atoms with van der Waals surface area (Å²) in [5, 5.41) is 10.6. The van der Waals surface area contributed by atoms with Gasteiger partial charge in [-0.2, -0.15) is 0 Å². The number of carbonyl (C=O) groups is 3. The number of hydrogen-bond acceptors (Lipinski definition) is 7. The lowest BCUT2D eigenvalue weighted by molar-refractivity contribution is -0.146. The number of aldehydes is 1. The third-order valence-corrected chi connectivity index (χ3v) is 9.40. The van der Waals surface area contributed by atoms with Crippen LogP contribution in [0.25, 0.3) is 11.3 Å². The topological polar surface area (TPSA) is 131 Å². The Bertz CT molecular complexity index is 1980. The van der Waals surface area contributed by atoms with Crippen LogP contribution in [0.5, 0.6) is 5.75 Å². The van der Waals surface area contributed by atoms with Crippen LogP contribution in [0, 0.1) is 28.8 Å². The third kappa shape index (κ3) is 9.46. The lowest BCUT2D eigenvalue weighted by Crippen LogP contribution is -2.49. The Morgan fingerprint density at radius 2 is 1.81 bits per heavy atom. The second kappa shape index (κ2) is 16.8. The Kier molecular flexibility index (Phi) is 12.5. The number of carbonyl (C=O) groups excluding carboxylic acids is 3. The molecule has 1 aromatic heterocycles. The second-order valence-corrected chi connectivity index (χ2v) is 14.7. The number of nitrogen functional groups attached to an aromatic ring is 1. The van der Waals surface area contributed by atoms with E-state index in [0.717, 1.165) is 18.2 Å². The molecule has 14 heteroatoms. The van der Waals surface area contributed by atoms with E-state index in [1.54, 1.807) is 16.7 Å². The van der Waals surface area contributed by atoms with Crippen molar-refractivity contribution in [2.45, 2.75) is 65.4 Å². The van der Waals surface area contributed by atoms with Crippen molar-refractivity contribution in [2.24, 2.45) is 11.3 Å². The normalized spacial score (nSPS) is 16.9. The van der Waals surface area contributed by atoms with Crippen molar-refractivity contribution >= 4 is 23.8 Å².